The molecule has 1 fully saturated rings. The van der Waals surface area contributed by atoms with Gasteiger partial charge in [0.05, 0.1) is 6.61 Å². The van der Waals surface area contributed by atoms with Crippen molar-refractivity contribution in [3.63, 3.8) is 0 Å². The van der Waals surface area contributed by atoms with Gasteiger partial charge in [0.2, 0.25) is 0 Å². The molecule has 0 aromatic heterocycles. The molecule has 2 atom stereocenters. The summed E-state index contributed by atoms with van der Waals surface area (Å²) in [6, 6.07) is 7.21. The van der Waals surface area contributed by atoms with E-state index in [1.165, 1.54) is 18.9 Å². The number of ether oxygens (including phenoxy) is 1. The Morgan fingerprint density at radius 1 is 1.40 bits per heavy atom. The SMILES string of the molecule is COCCN(CC(C)C(N)c1ccccc1F)C1CC1. The molecule has 0 spiro atoms. The molecule has 0 heterocycles. The summed E-state index contributed by atoms with van der Waals surface area (Å²) in [7, 11) is 1.72. The molecule has 0 bridgehead atoms. The molecule has 20 heavy (non-hydrogen) atoms. The molecular weight excluding hydrogens is 255 g/mol. The Hall–Kier alpha value is -0.970. The van der Waals surface area contributed by atoms with Crippen LogP contribution in [0.15, 0.2) is 24.3 Å². The van der Waals surface area contributed by atoms with E-state index in [1.54, 1.807) is 19.2 Å². The quantitative estimate of drug-likeness (QED) is 0.795. The number of nitrogens with zero attached hydrogens (tertiary/aromatic N) is 1. The maximum absolute atomic E-state index is 13.8. The molecule has 1 saturated carbocycles. The van der Waals surface area contributed by atoms with Crippen molar-refractivity contribution in [3.05, 3.63) is 35.6 Å². The van der Waals surface area contributed by atoms with Crippen LogP contribution in [0.2, 0.25) is 0 Å². The third-order valence-electron chi connectivity index (χ3n) is 4.05. The average molecular weight is 280 g/mol. The first kappa shape index (κ1) is 15.4. The van der Waals surface area contributed by atoms with Crippen LogP contribution < -0.4 is 5.73 Å². The highest BCUT2D eigenvalue weighted by molar-refractivity contribution is 5.21. The maximum Gasteiger partial charge on any atom is 0.127 e. The molecule has 1 aliphatic carbocycles. The zero-order valence-electron chi connectivity index (χ0n) is 12.4. The van der Waals surface area contributed by atoms with Crippen LogP contribution in [0.4, 0.5) is 4.39 Å². The Balaban J connectivity index is 1.95. The first-order valence-electron chi connectivity index (χ1n) is 7.36. The third-order valence-corrected chi connectivity index (χ3v) is 4.05. The predicted octanol–water partition coefficient (Wildman–Crippen LogP) is 2.57. The highest BCUT2D eigenvalue weighted by atomic mass is 19.1. The largest absolute Gasteiger partial charge is 0.383 e. The molecular formula is C16H25FN2O. The minimum atomic E-state index is -0.264. The highest BCUT2D eigenvalue weighted by Gasteiger charge is 2.31. The van der Waals surface area contributed by atoms with E-state index in [0.717, 1.165) is 19.7 Å². The summed E-state index contributed by atoms with van der Waals surface area (Å²) in [6.07, 6.45) is 2.51. The smallest absolute Gasteiger partial charge is 0.127 e. The van der Waals surface area contributed by atoms with Gasteiger partial charge in [-0.2, -0.15) is 0 Å². The van der Waals surface area contributed by atoms with Gasteiger partial charge in [0.1, 0.15) is 5.82 Å². The first-order valence-corrected chi connectivity index (χ1v) is 7.36. The summed E-state index contributed by atoms with van der Waals surface area (Å²) in [5, 5.41) is 0. The van der Waals surface area contributed by atoms with E-state index in [0.29, 0.717) is 11.6 Å². The van der Waals surface area contributed by atoms with Gasteiger partial charge in [-0.3, -0.25) is 4.90 Å². The zero-order chi connectivity index (χ0) is 14.5. The molecule has 4 heteroatoms. The van der Waals surface area contributed by atoms with Crippen LogP contribution in [-0.4, -0.2) is 37.7 Å². The third kappa shape index (κ3) is 4.01. The van der Waals surface area contributed by atoms with Crippen molar-refractivity contribution in [1.29, 1.82) is 0 Å². The second kappa shape index (κ2) is 7.16. The Morgan fingerprint density at radius 3 is 2.70 bits per heavy atom. The van der Waals surface area contributed by atoms with Crippen LogP contribution in [0, 0.1) is 11.7 Å². The molecule has 1 aromatic rings. The van der Waals surface area contributed by atoms with E-state index < -0.39 is 0 Å². The van der Waals surface area contributed by atoms with E-state index in [4.69, 9.17) is 10.5 Å². The predicted molar refractivity (Wildman–Crippen MR) is 79.0 cm³/mol. The highest BCUT2D eigenvalue weighted by Crippen LogP contribution is 2.30. The number of nitrogens with two attached hydrogens (primary N) is 1. The Bertz CT molecular complexity index is 423. The number of rotatable bonds is 8. The topological polar surface area (TPSA) is 38.5 Å². The Labute approximate surface area is 120 Å². The lowest BCUT2D eigenvalue weighted by atomic mass is 9.94. The average Bonchev–Trinajstić information content (AvgIpc) is 3.27. The van der Waals surface area contributed by atoms with Gasteiger partial charge >= 0.3 is 0 Å². The molecule has 0 saturated heterocycles. The fraction of sp³-hybridized carbons (Fsp3) is 0.625. The number of hydrogen-bond acceptors (Lipinski definition) is 3. The van der Waals surface area contributed by atoms with Crippen LogP contribution >= 0.6 is 0 Å². The second-order valence-electron chi connectivity index (χ2n) is 5.74. The van der Waals surface area contributed by atoms with Crippen LogP contribution in [-0.2, 0) is 4.74 Å². The van der Waals surface area contributed by atoms with Crippen molar-refractivity contribution in [2.24, 2.45) is 11.7 Å². The van der Waals surface area contributed by atoms with Crippen LogP contribution in [0.1, 0.15) is 31.4 Å². The van der Waals surface area contributed by atoms with Crippen molar-refractivity contribution in [3.8, 4) is 0 Å². The molecule has 1 aromatic carbocycles. The van der Waals surface area contributed by atoms with Gasteiger partial charge in [-0.15, -0.1) is 0 Å². The van der Waals surface area contributed by atoms with Gasteiger partial charge in [0.15, 0.2) is 0 Å². The number of benzene rings is 1. The molecule has 0 aliphatic heterocycles. The van der Waals surface area contributed by atoms with E-state index in [-0.39, 0.29) is 17.8 Å². The van der Waals surface area contributed by atoms with Crippen molar-refractivity contribution in [2.45, 2.75) is 31.8 Å². The van der Waals surface area contributed by atoms with Gasteiger partial charge in [-0.25, -0.2) is 4.39 Å². The van der Waals surface area contributed by atoms with E-state index in [9.17, 15) is 4.39 Å². The number of halogens is 1. The van der Waals surface area contributed by atoms with Gasteiger partial charge in [-0.05, 0) is 24.8 Å². The molecule has 0 amide bonds. The summed E-state index contributed by atoms with van der Waals surface area (Å²) in [5.74, 6) is 0.00562. The fourth-order valence-electron chi connectivity index (χ4n) is 2.61. The lowest BCUT2D eigenvalue weighted by molar-refractivity contribution is 0.129. The minimum absolute atomic E-state index is 0.207. The van der Waals surface area contributed by atoms with Crippen LogP contribution in [0.5, 0.6) is 0 Å². The molecule has 3 nitrogen and oxygen atoms in total. The summed E-state index contributed by atoms with van der Waals surface area (Å²) in [5.41, 5.74) is 6.85. The van der Waals surface area contributed by atoms with E-state index in [1.807, 2.05) is 6.07 Å². The Kier molecular flexibility index (Phi) is 5.52. The monoisotopic (exact) mass is 280 g/mol. The molecule has 2 rings (SSSR count). The van der Waals surface area contributed by atoms with Gasteiger partial charge < -0.3 is 10.5 Å². The normalized spacial score (nSPS) is 18.2. The maximum atomic E-state index is 13.8. The second-order valence-corrected chi connectivity index (χ2v) is 5.74. The fourth-order valence-corrected chi connectivity index (χ4v) is 2.61. The summed E-state index contributed by atoms with van der Waals surface area (Å²) >= 11 is 0. The van der Waals surface area contributed by atoms with Crippen LogP contribution in [0.25, 0.3) is 0 Å². The first-order chi connectivity index (χ1) is 9.63. The van der Waals surface area contributed by atoms with Crippen molar-refractivity contribution >= 4 is 0 Å². The summed E-state index contributed by atoms with van der Waals surface area (Å²) in [6.45, 7) is 4.65. The lowest BCUT2D eigenvalue weighted by Crippen LogP contribution is -2.37. The van der Waals surface area contributed by atoms with Gasteiger partial charge in [-0.1, -0.05) is 25.1 Å². The Morgan fingerprint density at radius 2 is 2.10 bits per heavy atom. The van der Waals surface area contributed by atoms with Crippen molar-refractivity contribution in [2.75, 3.05) is 26.8 Å². The number of hydrogen-bond donors (Lipinski definition) is 1. The molecule has 0 radical (unpaired) electrons. The van der Waals surface area contributed by atoms with Crippen molar-refractivity contribution < 1.29 is 9.13 Å². The number of methoxy groups -OCH3 is 1. The summed E-state index contributed by atoms with van der Waals surface area (Å²) < 4.78 is 19.0. The standard InChI is InChI=1S/C16H25FN2O/c1-12(11-19(9-10-20-2)13-7-8-13)16(18)14-5-3-4-6-15(14)17/h3-6,12-13,16H,7-11,18H2,1-2H3. The summed E-state index contributed by atoms with van der Waals surface area (Å²) in [4.78, 5) is 2.43. The van der Waals surface area contributed by atoms with Gasteiger partial charge in [0, 0.05) is 37.8 Å². The zero-order valence-corrected chi connectivity index (χ0v) is 12.4. The van der Waals surface area contributed by atoms with Crippen LogP contribution in [0.3, 0.4) is 0 Å². The molecule has 2 unspecified atom stereocenters. The molecule has 2 N–H and O–H groups in total. The molecule has 1 aliphatic rings. The van der Waals surface area contributed by atoms with E-state index in [2.05, 4.69) is 11.8 Å². The lowest BCUT2D eigenvalue weighted by Gasteiger charge is -2.29. The molecule has 112 valence electrons. The van der Waals surface area contributed by atoms with Gasteiger partial charge in [0.25, 0.3) is 0 Å². The minimum Gasteiger partial charge on any atom is -0.383 e. The van der Waals surface area contributed by atoms with E-state index >= 15 is 0 Å². The van der Waals surface area contributed by atoms with Crippen molar-refractivity contribution in [1.82, 2.24) is 4.90 Å².